The molecule has 0 atom stereocenters. The van der Waals surface area contributed by atoms with Crippen LogP contribution in [0.5, 0.6) is 11.5 Å². The smallest absolute Gasteiger partial charge is 0.258 e. The second kappa shape index (κ2) is 9.94. The monoisotopic (exact) mass is 390 g/mol. The van der Waals surface area contributed by atoms with Crippen molar-refractivity contribution in [1.82, 2.24) is 5.32 Å². The van der Waals surface area contributed by atoms with E-state index >= 15 is 0 Å². The molecule has 3 N–H and O–H groups in total. The highest BCUT2D eigenvalue weighted by molar-refractivity contribution is 5.93. The van der Waals surface area contributed by atoms with E-state index in [0.717, 1.165) is 11.1 Å². The summed E-state index contributed by atoms with van der Waals surface area (Å²) in [6.07, 6.45) is 0. The molecular weight excluding hydrogens is 368 g/mol. The summed E-state index contributed by atoms with van der Waals surface area (Å²) in [6, 6.07) is 23.8. The van der Waals surface area contributed by atoms with Gasteiger partial charge in [0.2, 0.25) is 5.91 Å². The Morgan fingerprint density at radius 2 is 1.62 bits per heavy atom. The van der Waals surface area contributed by atoms with E-state index in [1.807, 2.05) is 54.6 Å². The second-order valence-corrected chi connectivity index (χ2v) is 6.34. The molecule has 0 heterocycles. The molecule has 0 fully saturated rings. The normalized spacial score (nSPS) is 10.2. The molecule has 0 saturated carbocycles. The molecule has 6 nitrogen and oxygen atoms in total. The Kier molecular flexibility index (Phi) is 6.84. The number of rotatable bonds is 9. The van der Waals surface area contributed by atoms with Crippen molar-refractivity contribution in [3.05, 3.63) is 95.6 Å². The van der Waals surface area contributed by atoms with Gasteiger partial charge in [0.25, 0.3) is 5.91 Å². The van der Waals surface area contributed by atoms with Crippen molar-refractivity contribution in [1.29, 1.82) is 0 Å². The molecule has 3 aromatic rings. The molecule has 0 radical (unpaired) electrons. The van der Waals surface area contributed by atoms with Gasteiger partial charge >= 0.3 is 0 Å². The van der Waals surface area contributed by atoms with Crippen molar-refractivity contribution in [2.45, 2.75) is 13.2 Å². The minimum Gasteiger partial charge on any atom is -0.489 e. The fraction of sp³-hybridized carbons (Fsp3) is 0.130. The zero-order valence-corrected chi connectivity index (χ0v) is 15.8. The number of hydrogen-bond donors (Lipinski definition) is 2. The van der Waals surface area contributed by atoms with Crippen LogP contribution in [0.3, 0.4) is 0 Å². The highest BCUT2D eigenvalue weighted by atomic mass is 16.5. The van der Waals surface area contributed by atoms with E-state index in [4.69, 9.17) is 15.2 Å². The Hall–Kier alpha value is -3.80. The number of nitrogens with one attached hydrogen (secondary N) is 1. The van der Waals surface area contributed by atoms with Crippen LogP contribution < -0.4 is 20.5 Å². The Balaban J connectivity index is 1.51. The SMILES string of the molecule is NC(=O)c1cccc(OCC(=O)NCc2ccccc2OCc2ccccc2)c1. The van der Waals surface area contributed by atoms with E-state index in [0.29, 0.717) is 30.2 Å². The summed E-state index contributed by atoms with van der Waals surface area (Å²) in [5.74, 6) is 0.286. The van der Waals surface area contributed by atoms with Gasteiger partial charge < -0.3 is 20.5 Å². The number of carbonyl (C=O) groups excluding carboxylic acids is 2. The molecule has 0 unspecified atom stereocenters. The van der Waals surface area contributed by atoms with Gasteiger partial charge in [-0.15, -0.1) is 0 Å². The molecule has 2 amide bonds. The van der Waals surface area contributed by atoms with Crippen LogP contribution in [0.25, 0.3) is 0 Å². The molecule has 0 bridgehead atoms. The fourth-order valence-electron chi connectivity index (χ4n) is 2.66. The third kappa shape index (κ3) is 6.10. The molecule has 0 aliphatic carbocycles. The second-order valence-electron chi connectivity index (χ2n) is 6.34. The maximum absolute atomic E-state index is 12.1. The van der Waals surface area contributed by atoms with E-state index in [9.17, 15) is 9.59 Å². The predicted octanol–water partition coefficient (Wildman–Crippen LogP) is 3.06. The van der Waals surface area contributed by atoms with Crippen molar-refractivity contribution in [3.8, 4) is 11.5 Å². The summed E-state index contributed by atoms with van der Waals surface area (Å²) in [4.78, 5) is 23.3. The van der Waals surface area contributed by atoms with Crippen molar-refractivity contribution < 1.29 is 19.1 Å². The van der Waals surface area contributed by atoms with Gasteiger partial charge in [0, 0.05) is 17.7 Å². The third-order valence-corrected chi connectivity index (χ3v) is 4.17. The molecule has 0 saturated heterocycles. The Morgan fingerprint density at radius 3 is 2.41 bits per heavy atom. The minimum atomic E-state index is -0.549. The lowest BCUT2D eigenvalue weighted by atomic mass is 10.2. The molecule has 29 heavy (non-hydrogen) atoms. The third-order valence-electron chi connectivity index (χ3n) is 4.17. The summed E-state index contributed by atoms with van der Waals surface area (Å²) in [5.41, 5.74) is 7.50. The highest BCUT2D eigenvalue weighted by Crippen LogP contribution is 2.19. The average Bonchev–Trinajstić information content (AvgIpc) is 2.76. The van der Waals surface area contributed by atoms with E-state index in [1.165, 1.54) is 6.07 Å². The number of benzene rings is 3. The zero-order chi connectivity index (χ0) is 20.5. The van der Waals surface area contributed by atoms with Gasteiger partial charge in [0.15, 0.2) is 6.61 Å². The lowest BCUT2D eigenvalue weighted by molar-refractivity contribution is -0.123. The van der Waals surface area contributed by atoms with Crippen LogP contribution in [0.2, 0.25) is 0 Å². The molecule has 3 aromatic carbocycles. The maximum atomic E-state index is 12.1. The van der Waals surface area contributed by atoms with E-state index in [1.54, 1.807) is 18.2 Å². The van der Waals surface area contributed by atoms with Crippen LogP contribution in [0, 0.1) is 0 Å². The number of ether oxygens (including phenoxy) is 2. The molecule has 0 aromatic heterocycles. The van der Waals surface area contributed by atoms with E-state index < -0.39 is 5.91 Å². The van der Waals surface area contributed by atoms with Gasteiger partial charge in [0.1, 0.15) is 18.1 Å². The van der Waals surface area contributed by atoms with Crippen molar-refractivity contribution in [2.75, 3.05) is 6.61 Å². The molecule has 0 spiro atoms. The number of carbonyl (C=O) groups is 2. The zero-order valence-electron chi connectivity index (χ0n) is 15.8. The highest BCUT2D eigenvalue weighted by Gasteiger charge is 2.08. The predicted molar refractivity (Wildman–Crippen MR) is 110 cm³/mol. The van der Waals surface area contributed by atoms with Crippen molar-refractivity contribution in [3.63, 3.8) is 0 Å². The largest absolute Gasteiger partial charge is 0.489 e. The van der Waals surface area contributed by atoms with Gasteiger partial charge in [0.05, 0.1) is 0 Å². The summed E-state index contributed by atoms with van der Waals surface area (Å²) >= 11 is 0. The lowest BCUT2D eigenvalue weighted by Gasteiger charge is -2.13. The van der Waals surface area contributed by atoms with Gasteiger partial charge in [-0.05, 0) is 29.8 Å². The Labute approximate surface area is 169 Å². The first-order valence-corrected chi connectivity index (χ1v) is 9.16. The average molecular weight is 390 g/mol. The number of hydrogen-bond acceptors (Lipinski definition) is 4. The van der Waals surface area contributed by atoms with Gasteiger partial charge in [-0.25, -0.2) is 0 Å². The number of para-hydroxylation sites is 1. The van der Waals surface area contributed by atoms with Gasteiger partial charge in [-0.1, -0.05) is 54.6 Å². The van der Waals surface area contributed by atoms with Crippen LogP contribution in [0.4, 0.5) is 0 Å². The van der Waals surface area contributed by atoms with Gasteiger partial charge in [-0.3, -0.25) is 9.59 Å². The van der Waals surface area contributed by atoms with Crippen LogP contribution in [-0.4, -0.2) is 18.4 Å². The maximum Gasteiger partial charge on any atom is 0.258 e. The van der Waals surface area contributed by atoms with Crippen molar-refractivity contribution >= 4 is 11.8 Å². The van der Waals surface area contributed by atoms with Crippen LogP contribution in [-0.2, 0) is 17.9 Å². The summed E-state index contributed by atoms with van der Waals surface area (Å²) in [5, 5.41) is 2.81. The minimum absolute atomic E-state index is 0.171. The summed E-state index contributed by atoms with van der Waals surface area (Å²) in [7, 11) is 0. The quantitative estimate of drug-likeness (QED) is 0.588. The van der Waals surface area contributed by atoms with Crippen LogP contribution in [0.15, 0.2) is 78.9 Å². The first-order chi connectivity index (χ1) is 14.1. The molecule has 0 aliphatic heterocycles. The number of nitrogens with two attached hydrogens (primary N) is 1. The first-order valence-electron chi connectivity index (χ1n) is 9.16. The van der Waals surface area contributed by atoms with E-state index in [-0.39, 0.29) is 12.5 Å². The fourth-order valence-corrected chi connectivity index (χ4v) is 2.66. The Morgan fingerprint density at radius 1 is 0.862 bits per heavy atom. The summed E-state index contributed by atoms with van der Waals surface area (Å²) < 4.78 is 11.3. The molecule has 148 valence electrons. The van der Waals surface area contributed by atoms with Crippen LogP contribution >= 0.6 is 0 Å². The first kappa shape index (κ1) is 19.9. The van der Waals surface area contributed by atoms with Crippen LogP contribution in [0.1, 0.15) is 21.5 Å². The van der Waals surface area contributed by atoms with Crippen molar-refractivity contribution in [2.24, 2.45) is 5.73 Å². The lowest BCUT2D eigenvalue weighted by Crippen LogP contribution is -2.28. The van der Waals surface area contributed by atoms with Gasteiger partial charge in [-0.2, -0.15) is 0 Å². The Bertz CT molecular complexity index is 973. The molecule has 3 rings (SSSR count). The number of primary amides is 1. The molecule has 6 heteroatoms. The van der Waals surface area contributed by atoms with E-state index in [2.05, 4.69) is 5.32 Å². The standard InChI is InChI=1S/C23H22N2O4/c24-23(27)18-10-6-11-20(13-18)28-16-22(26)25-14-19-9-4-5-12-21(19)29-15-17-7-2-1-3-8-17/h1-13H,14-16H2,(H2,24,27)(H,25,26). The summed E-state index contributed by atoms with van der Waals surface area (Å²) in [6.45, 7) is 0.592. The molecule has 0 aliphatic rings. The topological polar surface area (TPSA) is 90.7 Å². The number of amides is 2. The molecular formula is C23H22N2O4.